The molecular weight excluding hydrogens is 340 g/mol. The van der Waals surface area contributed by atoms with Crippen molar-refractivity contribution in [3.8, 4) is 0 Å². The van der Waals surface area contributed by atoms with Crippen molar-refractivity contribution >= 4 is 17.8 Å². The van der Waals surface area contributed by atoms with Gasteiger partial charge >= 0.3 is 5.97 Å². The number of amides is 2. The van der Waals surface area contributed by atoms with E-state index < -0.39 is 5.97 Å². The number of carbonyl (C=O) groups excluding carboxylic acids is 2. The van der Waals surface area contributed by atoms with Crippen LogP contribution in [0.2, 0.25) is 0 Å². The summed E-state index contributed by atoms with van der Waals surface area (Å²) in [5, 5.41) is 15.8. The third kappa shape index (κ3) is 3.93. The number of furan rings is 1. The van der Waals surface area contributed by atoms with Crippen molar-refractivity contribution in [2.75, 3.05) is 19.6 Å². The SMILES string of the molecule is Cn1cc(C(=O)NCC2CCN(C(=O)c3cc(C(=O)O)co3)CC2)cn1. The lowest BCUT2D eigenvalue weighted by Crippen LogP contribution is -2.41. The van der Waals surface area contributed by atoms with Crippen LogP contribution in [-0.4, -0.2) is 57.2 Å². The Balaban J connectivity index is 1.47. The van der Waals surface area contributed by atoms with Gasteiger partial charge in [-0.1, -0.05) is 0 Å². The molecule has 1 aliphatic rings. The highest BCUT2D eigenvalue weighted by atomic mass is 16.4. The second kappa shape index (κ2) is 7.42. The van der Waals surface area contributed by atoms with Crippen LogP contribution in [-0.2, 0) is 7.05 Å². The topological polar surface area (TPSA) is 118 Å². The van der Waals surface area contributed by atoms with Gasteiger partial charge in [-0.3, -0.25) is 14.3 Å². The van der Waals surface area contributed by atoms with Gasteiger partial charge in [-0.05, 0) is 18.8 Å². The molecular formula is C17H20N4O5. The fourth-order valence-corrected chi connectivity index (χ4v) is 2.93. The first kappa shape index (κ1) is 17.7. The molecule has 2 N–H and O–H groups in total. The molecule has 1 aliphatic heterocycles. The van der Waals surface area contributed by atoms with E-state index in [2.05, 4.69) is 10.4 Å². The first-order chi connectivity index (χ1) is 12.4. The molecule has 0 aromatic carbocycles. The average molecular weight is 360 g/mol. The molecule has 26 heavy (non-hydrogen) atoms. The Bertz CT molecular complexity index is 817. The Morgan fingerprint density at radius 1 is 1.31 bits per heavy atom. The van der Waals surface area contributed by atoms with Gasteiger partial charge in [0.15, 0.2) is 5.76 Å². The van der Waals surface area contributed by atoms with E-state index in [4.69, 9.17) is 9.52 Å². The summed E-state index contributed by atoms with van der Waals surface area (Å²) in [5.74, 6) is -1.28. The Hall–Kier alpha value is -3.10. The van der Waals surface area contributed by atoms with Crippen LogP contribution in [0.5, 0.6) is 0 Å². The van der Waals surface area contributed by atoms with Crippen LogP contribution in [0.4, 0.5) is 0 Å². The number of carboxylic acids is 1. The van der Waals surface area contributed by atoms with E-state index in [-0.39, 0.29) is 29.1 Å². The highest BCUT2D eigenvalue weighted by Crippen LogP contribution is 2.19. The second-order valence-corrected chi connectivity index (χ2v) is 6.35. The number of rotatable bonds is 5. The maximum Gasteiger partial charge on any atom is 0.338 e. The van der Waals surface area contributed by atoms with Gasteiger partial charge in [0.05, 0.1) is 17.3 Å². The van der Waals surface area contributed by atoms with Crippen LogP contribution in [0, 0.1) is 5.92 Å². The van der Waals surface area contributed by atoms with E-state index in [9.17, 15) is 14.4 Å². The number of piperidine rings is 1. The number of hydrogen-bond acceptors (Lipinski definition) is 5. The standard InChI is InChI=1S/C17H20N4O5/c1-20-9-13(8-19-20)15(22)18-7-11-2-4-21(5-3-11)16(23)14-6-12(10-26-14)17(24)25/h6,8-11H,2-5,7H2,1H3,(H,18,22)(H,24,25). The lowest BCUT2D eigenvalue weighted by atomic mass is 9.96. The second-order valence-electron chi connectivity index (χ2n) is 6.35. The van der Waals surface area contributed by atoms with Gasteiger partial charge in [0.1, 0.15) is 6.26 Å². The maximum absolute atomic E-state index is 12.4. The zero-order valence-electron chi connectivity index (χ0n) is 14.3. The number of aromatic carboxylic acids is 1. The van der Waals surface area contributed by atoms with Gasteiger partial charge in [0.2, 0.25) is 0 Å². The predicted octanol–water partition coefficient (Wildman–Crippen LogP) is 0.993. The largest absolute Gasteiger partial charge is 0.478 e. The third-order valence-electron chi connectivity index (χ3n) is 4.48. The fourth-order valence-electron chi connectivity index (χ4n) is 2.93. The van der Waals surface area contributed by atoms with Crippen LogP contribution in [0.1, 0.15) is 44.1 Å². The average Bonchev–Trinajstić information content (AvgIpc) is 3.29. The molecule has 3 heterocycles. The van der Waals surface area contributed by atoms with Gasteiger partial charge < -0.3 is 19.7 Å². The first-order valence-electron chi connectivity index (χ1n) is 8.32. The lowest BCUT2D eigenvalue weighted by Gasteiger charge is -2.31. The quantitative estimate of drug-likeness (QED) is 0.821. The van der Waals surface area contributed by atoms with Crippen molar-refractivity contribution in [2.24, 2.45) is 13.0 Å². The first-order valence-corrected chi connectivity index (χ1v) is 8.32. The molecule has 9 heteroatoms. The van der Waals surface area contributed by atoms with Gasteiger partial charge in [-0.15, -0.1) is 0 Å². The summed E-state index contributed by atoms with van der Waals surface area (Å²) < 4.78 is 6.63. The maximum atomic E-state index is 12.4. The summed E-state index contributed by atoms with van der Waals surface area (Å²) in [5.41, 5.74) is 0.480. The zero-order chi connectivity index (χ0) is 18.7. The van der Waals surface area contributed by atoms with Crippen molar-refractivity contribution in [3.63, 3.8) is 0 Å². The van der Waals surface area contributed by atoms with Crippen molar-refractivity contribution in [1.82, 2.24) is 20.0 Å². The molecule has 0 unspecified atom stereocenters. The third-order valence-corrected chi connectivity index (χ3v) is 4.48. The number of aromatic nitrogens is 2. The van der Waals surface area contributed by atoms with Gasteiger partial charge in [-0.2, -0.15) is 5.10 Å². The minimum absolute atomic E-state index is 0.0331. The number of nitrogens with zero attached hydrogens (tertiary/aromatic N) is 3. The highest BCUT2D eigenvalue weighted by molar-refractivity contribution is 5.95. The Morgan fingerprint density at radius 2 is 2.04 bits per heavy atom. The Labute approximate surface area is 149 Å². The molecule has 0 atom stereocenters. The van der Waals surface area contributed by atoms with Gasteiger partial charge in [0.25, 0.3) is 11.8 Å². The number of likely N-dealkylation sites (tertiary alicyclic amines) is 1. The Kier molecular flexibility index (Phi) is 5.06. The highest BCUT2D eigenvalue weighted by Gasteiger charge is 2.26. The van der Waals surface area contributed by atoms with Crippen molar-refractivity contribution < 1.29 is 23.9 Å². The van der Waals surface area contributed by atoms with Crippen molar-refractivity contribution in [2.45, 2.75) is 12.8 Å². The summed E-state index contributed by atoms with van der Waals surface area (Å²) >= 11 is 0. The van der Waals surface area contributed by atoms with Gasteiger partial charge in [0, 0.05) is 38.9 Å². The minimum atomic E-state index is -1.13. The van der Waals surface area contributed by atoms with Crippen LogP contribution >= 0.6 is 0 Å². The monoisotopic (exact) mass is 360 g/mol. The summed E-state index contributed by atoms with van der Waals surface area (Å²) in [6, 6.07) is 1.24. The molecule has 3 rings (SSSR count). The molecule has 0 spiro atoms. The van der Waals surface area contributed by atoms with E-state index in [1.807, 2.05) is 0 Å². The van der Waals surface area contributed by atoms with E-state index >= 15 is 0 Å². The lowest BCUT2D eigenvalue weighted by molar-refractivity contribution is 0.0652. The summed E-state index contributed by atoms with van der Waals surface area (Å²) in [7, 11) is 1.75. The number of carbonyl (C=O) groups is 3. The summed E-state index contributed by atoms with van der Waals surface area (Å²) in [6.45, 7) is 1.62. The fraction of sp³-hybridized carbons (Fsp3) is 0.412. The number of carboxylic acid groups (broad SMARTS) is 1. The normalized spacial score (nSPS) is 15.0. The molecule has 0 bridgehead atoms. The zero-order valence-corrected chi connectivity index (χ0v) is 14.3. The van der Waals surface area contributed by atoms with E-state index in [0.717, 1.165) is 19.1 Å². The molecule has 138 valence electrons. The van der Waals surface area contributed by atoms with E-state index in [0.29, 0.717) is 25.2 Å². The number of hydrogen-bond donors (Lipinski definition) is 2. The van der Waals surface area contributed by atoms with Crippen molar-refractivity contribution in [3.05, 3.63) is 41.6 Å². The summed E-state index contributed by atoms with van der Waals surface area (Å²) in [4.78, 5) is 36.9. The van der Waals surface area contributed by atoms with Gasteiger partial charge in [-0.25, -0.2) is 4.79 Å². The van der Waals surface area contributed by atoms with E-state index in [1.54, 1.807) is 22.8 Å². The molecule has 0 aliphatic carbocycles. The predicted molar refractivity (Wildman–Crippen MR) is 89.8 cm³/mol. The van der Waals surface area contributed by atoms with Crippen LogP contribution < -0.4 is 5.32 Å². The molecule has 2 aromatic rings. The van der Waals surface area contributed by atoms with E-state index in [1.165, 1.54) is 12.3 Å². The number of aryl methyl sites for hydroxylation is 1. The van der Waals surface area contributed by atoms with Crippen molar-refractivity contribution in [1.29, 1.82) is 0 Å². The molecule has 9 nitrogen and oxygen atoms in total. The van der Waals surface area contributed by atoms with Crippen LogP contribution in [0.15, 0.2) is 29.1 Å². The minimum Gasteiger partial charge on any atom is -0.478 e. The molecule has 1 saturated heterocycles. The summed E-state index contributed by atoms with van der Waals surface area (Å²) in [6.07, 6.45) is 5.75. The van der Waals surface area contributed by atoms with Crippen LogP contribution in [0.3, 0.4) is 0 Å². The molecule has 2 aromatic heterocycles. The molecule has 0 saturated carbocycles. The Morgan fingerprint density at radius 3 is 2.62 bits per heavy atom. The molecule has 0 radical (unpaired) electrons. The smallest absolute Gasteiger partial charge is 0.338 e. The van der Waals surface area contributed by atoms with Crippen LogP contribution in [0.25, 0.3) is 0 Å². The number of nitrogens with one attached hydrogen (secondary N) is 1. The molecule has 1 fully saturated rings. The molecule has 2 amide bonds.